The van der Waals surface area contributed by atoms with Crippen molar-refractivity contribution in [3.05, 3.63) is 41.1 Å². The van der Waals surface area contributed by atoms with Crippen LogP contribution in [0.25, 0.3) is 0 Å². The summed E-state index contributed by atoms with van der Waals surface area (Å²) in [5.74, 6) is 1.70. The van der Waals surface area contributed by atoms with Crippen LogP contribution in [0.3, 0.4) is 0 Å². The molecule has 0 bridgehead atoms. The van der Waals surface area contributed by atoms with Crippen molar-refractivity contribution in [3.8, 4) is 11.6 Å². The van der Waals surface area contributed by atoms with Gasteiger partial charge in [-0.05, 0) is 37.8 Å². The van der Waals surface area contributed by atoms with Gasteiger partial charge in [-0.15, -0.1) is 0 Å². The summed E-state index contributed by atoms with van der Waals surface area (Å²) >= 11 is 0. The molecular formula is C17H25N3O. The summed E-state index contributed by atoms with van der Waals surface area (Å²) in [5.41, 5.74) is 9.41. The molecule has 1 aromatic heterocycles. The van der Waals surface area contributed by atoms with Crippen molar-refractivity contribution in [1.82, 2.24) is 9.78 Å². The van der Waals surface area contributed by atoms with Crippen molar-refractivity contribution in [3.63, 3.8) is 0 Å². The number of hydrogen-bond donors (Lipinski definition) is 1. The number of benzene rings is 1. The molecule has 4 heteroatoms. The van der Waals surface area contributed by atoms with E-state index in [9.17, 15) is 0 Å². The molecule has 2 rings (SSSR count). The Bertz CT molecular complexity index is 604. The van der Waals surface area contributed by atoms with Crippen LogP contribution in [0.4, 0.5) is 0 Å². The van der Waals surface area contributed by atoms with Crippen LogP contribution in [0.15, 0.2) is 24.3 Å². The normalized spacial score (nSPS) is 12.4. The molecule has 2 N–H and O–H groups in total. The van der Waals surface area contributed by atoms with Gasteiger partial charge in [0, 0.05) is 18.7 Å². The lowest BCUT2D eigenvalue weighted by molar-refractivity contribution is 0.419. The highest BCUT2D eigenvalue weighted by atomic mass is 16.5. The molecule has 0 aliphatic carbocycles. The van der Waals surface area contributed by atoms with Gasteiger partial charge in [0.25, 0.3) is 0 Å². The average molecular weight is 287 g/mol. The van der Waals surface area contributed by atoms with Gasteiger partial charge in [-0.3, -0.25) is 0 Å². The van der Waals surface area contributed by atoms with E-state index in [2.05, 4.69) is 25.0 Å². The number of ether oxygens (including phenoxy) is 1. The van der Waals surface area contributed by atoms with Crippen LogP contribution < -0.4 is 10.5 Å². The van der Waals surface area contributed by atoms with E-state index in [-0.39, 0.29) is 6.04 Å². The van der Waals surface area contributed by atoms with Crippen molar-refractivity contribution in [2.24, 2.45) is 12.8 Å². The van der Waals surface area contributed by atoms with Gasteiger partial charge in [0.1, 0.15) is 5.75 Å². The molecule has 0 fully saturated rings. The Morgan fingerprint density at radius 3 is 2.67 bits per heavy atom. The second-order valence-corrected chi connectivity index (χ2v) is 5.43. The third kappa shape index (κ3) is 3.45. The molecule has 1 atom stereocenters. The minimum Gasteiger partial charge on any atom is -0.439 e. The van der Waals surface area contributed by atoms with Gasteiger partial charge in [0.2, 0.25) is 5.88 Å². The molecule has 0 amide bonds. The molecule has 1 aromatic carbocycles. The van der Waals surface area contributed by atoms with Gasteiger partial charge in [-0.25, -0.2) is 4.68 Å². The molecule has 0 saturated carbocycles. The molecule has 0 radical (unpaired) electrons. The second-order valence-electron chi connectivity index (χ2n) is 5.43. The summed E-state index contributed by atoms with van der Waals surface area (Å²) in [6.07, 6.45) is 2.68. The maximum Gasteiger partial charge on any atom is 0.221 e. The number of rotatable bonds is 6. The zero-order valence-corrected chi connectivity index (χ0v) is 13.4. The van der Waals surface area contributed by atoms with Crippen LogP contribution in [0.2, 0.25) is 0 Å². The standard InChI is InChI=1S/C17H25N3O/c1-5-13-9-7-8-10-16(13)21-17-15(11-14(18)6-2)12(3)19-20(17)4/h7-10,14H,5-6,11,18H2,1-4H3. The Labute approximate surface area is 126 Å². The fourth-order valence-corrected chi connectivity index (χ4v) is 2.45. The van der Waals surface area contributed by atoms with E-state index < -0.39 is 0 Å². The molecule has 0 aliphatic rings. The van der Waals surface area contributed by atoms with Crippen LogP contribution in [0.1, 0.15) is 37.1 Å². The molecule has 0 aliphatic heterocycles. The zero-order valence-electron chi connectivity index (χ0n) is 13.4. The summed E-state index contributed by atoms with van der Waals surface area (Å²) in [6.45, 7) is 6.24. The second kappa shape index (κ2) is 6.76. The largest absolute Gasteiger partial charge is 0.439 e. The topological polar surface area (TPSA) is 53.1 Å². The Morgan fingerprint density at radius 1 is 1.29 bits per heavy atom. The average Bonchev–Trinajstić information content (AvgIpc) is 2.74. The molecule has 0 spiro atoms. The Morgan fingerprint density at radius 2 is 2.00 bits per heavy atom. The number of nitrogens with zero attached hydrogens (tertiary/aromatic N) is 2. The number of aromatic nitrogens is 2. The molecular weight excluding hydrogens is 262 g/mol. The number of nitrogens with two attached hydrogens (primary N) is 1. The maximum atomic E-state index is 6.17. The fraction of sp³-hybridized carbons (Fsp3) is 0.471. The zero-order chi connectivity index (χ0) is 15.4. The minimum absolute atomic E-state index is 0.136. The molecule has 4 nitrogen and oxygen atoms in total. The lowest BCUT2D eigenvalue weighted by Crippen LogP contribution is -2.21. The van der Waals surface area contributed by atoms with Gasteiger partial charge < -0.3 is 10.5 Å². The number of hydrogen-bond acceptors (Lipinski definition) is 3. The van der Waals surface area contributed by atoms with Gasteiger partial charge in [0.05, 0.1) is 5.69 Å². The van der Waals surface area contributed by atoms with E-state index in [4.69, 9.17) is 10.5 Å². The first-order chi connectivity index (χ1) is 10.1. The SMILES string of the molecule is CCc1ccccc1Oc1c(CC(N)CC)c(C)nn1C. The van der Waals surface area contributed by atoms with E-state index in [1.807, 2.05) is 32.2 Å². The van der Waals surface area contributed by atoms with Gasteiger partial charge >= 0.3 is 0 Å². The monoisotopic (exact) mass is 287 g/mol. The maximum absolute atomic E-state index is 6.17. The van der Waals surface area contributed by atoms with Crippen LogP contribution in [0, 0.1) is 6.92 Å². The quantitative estimate of drug-likeness (QED) is 0.886. The third-order valence-corrected chi connectivity index (χ3v) is 3.84. The molecule has 0 saturated heterocycles. The predicted molar refractivity (Wildman–Crippen MR) is 85.8 cm³/mol. The number of para-hydroxylation sites is 1. The summed E-state index contributed by atoms with van der Waals surface area (Å²) in [6, 6.07) is 8.26. The van der Waals surface area contributed by atoms with Crippen molar-refractivity contribution in [1.29, 1.82) is 0 Å². The molecule has 2 aromatic rings. The summed E-state index contributed by atoms with van der Waals surface area (Å²) < 4.78 is 7.98. The first-order valence-electron chi connectivity index (χ1n) is 7.60. The van der Waals surface area contributed by atoms with Crippen LogP contribution in [0.5, 0.6) is 11.6 Å². The molecule has 1 unspecified atom stereocenters. The first-order valence-corrected chi connectivity index (χ1v) is 7.60. The van der Waals surface area contributed by atoms with Crippen molar-refractivity contribution in [2.45, 2.75) is 46.1 Å². The van der Waals surface area contributed by atoms with E-state index in [1.54, 1.807) is 4.68 Å². The molecule has 114 valence electrons. The number of aryl methyl sites for hydroxylation is 3. The van der Waals surface area contributed by atoms with E-state index in [0.717, 1.165) is 42.1 Å². The molecule has 1 heterocycles. The third-order valence-electron chi connectivity index (χ3n) is 3.84. The van der Waals surface area contributed by atoms with Crippen molar-refractivity contribution in [2.75, 3.05) is 0 Å². The highest BCUT2D eigenvalue weighted by Crippen LogP contribution is 2.30. The lowest BCUT2D eigenvalue weighted by atomic mass is 10.1. The van der Waals surface area contributed by atoms with Gasteiger partial charge in [-0.1, -0.05) is 32.0 Å². The predicted octanol–water partition coefficient (Wildman–Crippen LogP) is 3.36. The lowest BCUT2D eigenvalue weighted by Gasteiger charge is -2.13. The Kier molecular flexibility index (Phi) is 5.02. The Hall–Kier alpha value is -1.81. The highest BCUT2D eigenvalue weighted by molar-refractivity contribution is 5.40. The highest BCUT2D eigenvalue weighted by Gasteiger charge is 2.18. The fourth-order valence-electron chi connectivity index (χ4n) is 2.45. The van der Waals surface area contributed by atoms with Crippen molar-refractivity contribution >= 4 is 0 Å². The first kappa shape index (κ1) is 15.6. The van der Waals surface area contributed by atoms with Gasteiger partial charge in [0.15, 0.2) is 0 Å². The van der Waals surface area contributed by atoms with E-state index in [1.165, 1.54) is 5.56 Å². The van der Waals surface area contributed by atoms with Crippen LogP contribution in [-0.2, 0) is 19.9 Å². The smallest absolute Gasteiger partial charge is 0.221 e. The Balaban J connectivity index is 2.35. The summed E-state index contributed by atoms with van der Waals surface area (Å²) in [5, 5.41) is 4.49. The van der Waals surface area contributed by atoms with Gasteiger partial charge in [-0.2, -0.15) is 5.10 Å². The van der Waals surface area contributed by atoms with Crippen LogP contribution >= 0.6 is 0 Å². The summed E-state index contributed by atoms with van der Waals surface area (Å²) in [4.78, 5) is 0. The van der Waals surface area contributed by atoms with Crippen LogP contribution in [-0.4, -0.2) is 15.8 Å². The molecule has 21 heavy (non-hydrogen) atoms. The van der Waals surface area contributed by atoms with E-state index in [0.29, 0.717) is 0 Å². The van der Waals surface area contributed by atoms with E-state index >= 15 is 0 Å². The van der Waals surface area contributed by atoms with Crippen molar-refractivity contribution < 1.29 is 4.74 Å². The minimum atomic E-state index is 0.136. The summed E-state index contributed by atoms with van der Waals surface area (Å²) in [7, 11) is 1.91.